The molecule has 6 atom stereocenters. The minimum absolute atomic E-state index is 0.558. The molecule has 0 aliphatic heterocycles. The third kappa shape index (κ3) is 8.08. The standard InChI is InChI=1S/C36H57BN2/c1-9-13-15-30(25(5)6)32(28-17-21-38-22-18-28)35-34(27(11-3)12-4)36(35)33(29-19-23-39-24-20-29)31(16-14-10-2)37-26(7)8/h17-26,30-33,35-37H,9-16H2,1-8H3. The van der Waals surface area contributed by atoms with Crippen LogP contribution in [0.1, 0.15) is 130 Å². The smallest absolute Gasteiger partial charge is 0.127 e. The number of pyridine rings is 2. The fourth-order valence-corrected chi connectivity index (χ4v) is 7.82. The molecule has 0 aromatic carbocycles. The van der Waals surface area contributed by atoms with E-state index >= 15 is 0 Å². The lowest BCUT2D eigenvalue weighted by molar-refractivity contribution is 0.260. The van der Waals surface area contributed by atoms with Crippen LogP contribution in [-0.4, -0.2) is 17.2 Å². The summed E-state index contributed by atoms with van der Waals surface area (Å²) in [5.74, 6) is 5.14. The lowest BCUT2D eigenvalue weighted by Gasteiger charge is -2.33. The summed E-state index contributed by atoms with van der Waals surface area (Å²) in [5, 5.41) is 0. The number of nitrogens with zero attached hydrogens (tertiary/aromatic N) is 2. The Bertz CT molecular complexity index is 978. The first kappa shape index (κ1) is 31.6. The fraction of sp³-hybridized carbons (Fsp3) is 0.667. The second-order valence-corrected chi connectivity index (χ2v) is 13.0. The van der Waals surface area contributed by atoms with Gasteiger partial charge in [-0.15, -0.1) is 0 Å². The fourth-order valence-electron chi connectivity index (χ4n) is 7.82. The first-order chi connectivity index (χ1) is 18.9. The summed E-state index contributed by atoms with van der Waals surface area (Å²) in [6.07, 6.45) is 18.3. The average Bonchev–Trinajstić information content (AvgIpc) is 3.64. The Hall–Kier alpha value is -1.90. The van der Waals surface area contributed by atoms with Crippen LogP contribution in [0.3, 0.4) is 0 Å². The Balaban J connectivity index is 2.21. The molecule has 1 saturated carbocycles. The van der Waals surface area contributed by atoms with Gasteiger partial charge in [0, 0.05) is 24.8 Å². The van der Waals surface area contributed by atoms with Gasteiger partial charge in [0.05, 0.1) is 0 Å². The van der Waals surface area contributed by atoms with Crippen LogP contribution in [0.2, 0.25) is 11.6 Å². The van der Waals surface area contributed by atoms with Crippen molar-refractivity contribution in [2.24, 2.45) is 23.7 Å². The van der Waals surface area contributed by atoms with Crippen molar-refractivity contribution in [3.05, 3.63) is 71.3 Å². The molecular weight excluding hydrogens is 471 g/mol. The number of aromatic nitrogens is 2. The van der Waals surface area contributed by atoms with Gasteiger partial charge in [0.1, 0.15) is 7.28 Å². The normalized spacial score (nSPS) is 20.1. The third-order valence-corrected chi connectivity index (χ3v) is 9.63. The van der Waals surface area contributed by atoms with Crippen molar-refractivity contribution in [3.63, 3.8) is 0 Å². The zero-order chi connectivity index (χ0) is 28.4. The van der Waals surface area contributed by atoms with Gasteiger partial charge in [0.15, 0.2) is 0 Å². The second kappa shape index (κ2) is 15.8. The predicted octanol–water partition coefficient (Wildman–Crippen LogP) is 10.4. The van der Waals surface area contributed by atoms with Crippen molar-refractivity contribution in [2.75, 3.05) is 0 Å². The molecule has 0 bridgehead atoms. The third-order valence-electron chi connectivity index (χ3n) is 9.63. The summed E-state index contributed by atoms with van der Waals surface area (Å²) in [5.41, 5.74) is 6.57. The van der Waals surface area contributed by atoms with E-state index in [4.69, 9.17) is 0 Å². The van der Waals surface area contributed by atoms with E-state index in [-0.39, 0.29) is 0 Å². The lowest BCUT2D eigenvalue weighted by Crippen LogP contribution is -2.24. The maximum Gasteiger partial charge on any atom is 0.127 e. The molecule has 0 radical (unpaired) electrons. The van der Waals surface area contributed by atoms with Gasteiger partial charge in [0.2, 0.25) is 0 Å². The Morgan fingerprint density at radius 1 is 0.718 bits per heavy atom. The highest BCUT2D eigenvalue weighted by molar-refractivity contribution is 6.39. The predicted molar refractivity (Wildman–Crippen MR) is 172 cm³/mol. The van der Waals surface area contributed by atoms with Crippen molar-refractivity contribution < 1.29 is 0 Å². The molecule has 2 aromatic rings. The van der Waals surface area contributed by atoms with E-state index in [1.807, 2.05) is 30.4 Å². The molecule has 0 amide bonds. The molecule has 3 rings (SSSR count). The zero-order valence-corrected chi connectivity index (χ0v) is 26.5. The van der Waals surface area contributed by atoms with E-state index < -0.39 is 0 Å². The molecule has 0 N–H and O–H groups in total. The van der Waals surface area contributed by atoms with Crippen LogP contribution in [0, 0.1) is 23.7 Å². The van der Waals surface area contributed by atoms with Gasteiger partial charge < -0.3 is 0 Å². The van der Waals surface area contributed by atoms with Crippen LogP contribution in [-0.2, 0) is 0 Å². The Morgan fingerprint density at radius 2 is 1.21 bits per heavy atom. The summed E-state index contributed by atoms with van der Waals surface area (Å²) in [6, 6.07) is 9.35. The minimum atomic E-state index is 0.558. The summed E-state index contributed by atoms with van der Waals surface area (Å²) in [4.78, 5) is 8.88. The summed E-state index contributed by atoms with van der Waals surface area (Å²) in [7, 11) is 1.31. The van der Waals surface area contributed by atoms with Crippen LogP contribution in [0.5, 0.6) is 0 Å². The van der Waals surface area contributed by atoms with Gasteiger partial charge in [-0.05, 0) is 90.2 Å². The van der Waals surface area contributed by atoms with Crippen molar-refractivity contribution in [2.45, 2.75) is 130 Å². The lowest BCUT2D eigenvalue weighted by atomic mass is 9.49. The van der Waals surface area contributed by atoms with Gasteiger partial charge in [-0.2, -0.15) is 0 Å². The SMILES string of the molecule is CCCCC(BC(C)C)C(c1ccncc1)C1C(=C(CC)CC)C1C(c1ccncc1)C(CCCC)C(C)C. The van der Waals surface area contributed by atoms with Crippen molar-refractivity contribution in [1.82, 2.24) is 9.97 Å². The molecule has 39 heavy (non-hydrogen) atoms. The van der Waals surface area contributed by atoms with Gasteiger partial charge in [-0.1, -0.05) is 110 Å². The van der Waals surface area contributed by atoms with Crippen LogP contribution in [0.25, 0.3) is 0 Å². The maximum atomic E-state index is 4.44. The minimum Gasteiger partial charge on any atom is -0.265 e. The van der Waals surface area contributed by atoms with Crippen LogP contribution < -0.4 is 0 Å². The van der Waals surface area contributed by atoms with Crippen LogP contribution in [0.4, 0.5) is 0 Å². The van der Waals surface area contributed by atoms with E-state index in [0.717, 1.165) is 0 Å². The van der Waals surface area contributed by atoms with Gasteiger partial charge in [-0.25, -0.2) is 0 Å². The van der Waals surface area contributed by atoms with E-state index in [1.165, 1.54) is 69.8 Å². The van der Waals surface area contributed by atoms with E-state index in [9.17, 15) is 0 Å². The molecule has 1 fully saturated rings. The van der Waals surface area contributed by atoms with E-state index in [2.05, 4.69) is 89.6 Å². The van der Waals surface area contributed by atoms with E-state index in [0.29, 0.717) is 47.1 Å². The molecule has 214 valence electrons. The Kier molecular flexibility index (Phi) is 12.8. The highest BCUT2D eigenvalue weighted by atomic mass is 14.6. The number of unbranched alkanes of at least 4 members (excludes halogenated alkanes) is 2. The summed E-state index contributed by atoms with van der Waals surface area (Å²) >= 11 is 0. The number of allylic oxidation sites excluding steroid dienone is 2. The van der Waals surface area contributed by atoms with Crippen molar-refractivity contribution in [3.8, 4) is 0 Å². The molecule has 2 nitrogen and oxygen atoms in total. The molecule has 1 aliphatic rings. The molecule has 2 aromatic heterocycles. The number of hydrogen-bond acceptors (Lipinski definition) is 2. The molecule has 3 heteroatoms. The number of rotatable bonds is 17. The number of hydrogen-bond donors (Lipinski definition) is 0. The molecule has 2 heterocycles. The van der Waals surface area contributed by atoms with Crippen LogP contribution in [0.15, 0.2) is 60.2 Å². The zero-order valence-electron chi connectivity index (χ0n) is 26.5. The monoisotopic (exact) mass is 528 g/mol. The van der Waals surface area contributed by atoms with Gasteiger partial charge >= 0.3 is 0 Å². The largest absolute Gasteiger partial charge is 0.265 e. The summed E-state index contributed by atoms with van der Waals surface area (Å²) < 4.78 is 0. The Labute approximate surface area is 242 Å². The van der Waals surface area contributed by atoms with Crippen LogP contribution >= 0.6 is 0 Å². The first-order valence-electron chi connectivity index (χ1n) is 16.4. The van der Waals surface area contributed by atoms with E-state index in [1.54, 1.807) is 5.57 Å². The topological polar surface area (TPSA) is 25.8 Å². The first-order valence-corrected chi connectivity index (χ1v) is 16.4. The molecule has 0 saturated heterocycles. The average molecular weight is 529 g/mol. The molecule has 0 spiro atoms. The highest BCUT2D eigenvalue weighted by Crippen LogP contribution is 2.67. The highest BCUT2D eigenvalue weighted by Gasteiger charge is 2.57. The maximum absolute atomic E-state index is 4.44. The Morgan fingerprint density at radius 3 is 1.67 bits per heavy atom. The van der Waals surface area contributed by atoms with Gasteiger partial charge in [-0.3, -0.25) is 9.97 Å². The van der Waals surface area contributed by atoms with Crippen molar-refractivity contribution >= 4 is 7.28 Å². The molecule has 6 unspecified atom stereocenters. The quantitative estimate of drug-likeness (QED) is 0.151. The molecule has 1 aliphatic carbocycles. The molecular formula is C36H57BN2. The van der Waals surface area contributed by atoms with Gasteiger partial charge in [0.25, 0.3) is 0 Å². The summed E-state index contributed by atoms with van der Waals surface area (Å²) in [6.45, 7) is 19.3. The second-order valence-electron chi connectivity index (χ2n) is 13.0. The van der Waals surface area contributed by atoms with Crippen molar-refractivity contribution in [1.29, 1.82) is 0 Å².